The van der Waals surface area contributed by atoms with Crippen molar-refractivity contribution in [2.24, 2.45) is 5.41 Å². The number of hydrogen-bond acceptors (Lipinski definition) is 8. The predicted octanol–water partition coefficient (Wildman–Crippen LogP) is 2.62. The number of likely N-dealkylation sites (tertiary alicyclic amines) is 1. The number of carbonyl (C=O) groups excluding carboxylic acids is 2. The van der Waals surface area contributed by atoms with E-state index < -0.39 is 6.10 Å². The molecule has 0 unspecified atom stereocenters. The smallest absolute Gasteiger partial charge is 0.323 e. The van der Waals surface area contributed by atoms with Crippen molar-refractivity contribution in [3.63, 3.8) is 0 Å². The van der Waals surface area contributed by atoms with Crippen LogP contribution in [0.25, 0.3) is 0 Å². The van der Waals surface area contributed by atoms with E-state index in [1.807, 2.05) is 36.1 Å². The van der Waals surface area contributed by atoms with Gasteiger partial charge in [-0.1, -0.05) is 24.6 Å². The van der Waals surface area contributed by atoms with Gasteiger partial charge in [-0.25, -0.2) is 0 Å². The molecule has 0 saturated carbocycles. The number of hydrogen-bond donors (Lipinski definition) is 2. The summed E-state index contributed by atoms with van der Waals surface area (Å²) in [5, 5.41) is 6.98. The Morgan fingerprint density at radius 2 is 2.05 bits per heavy atom. The number of H-pyrrole nitrogens is 1. The number of nitrogens with zero attached hydrogens (tertiary/aromatic N) is 4. The zero-order chi connectivity index (χ0) is 26.4. The van der Waals surface area contributed by atoms with Gasteiger partial charge in [-0.3, -0.25) is 24.0 Å². The highest BCUT2D eigenvalue weighted by molar-refractivity contribution is 7.02. The second kappa shape index (κ2) is 11.7. The minimum absolute atomic E-state index is 0. The summed E-state index contributed by atoms with van der Waals surface area (Å²) >= 11 is 0.943. The summed E-state index contributed by atoms with van der Waals surface area (Å²) in [6, 6.07) is 7.98. The third kappa shape index (κ3) is 7.49. The lowest BCUT2D eigenvalue weighted by Gasteiger charge is -2.47. The van der Waals surface area contributed by atoms with Crippen LogP contribution in [0.1, 0.15) is 32.6 Å². The molecule has 2 fully saturated rings. The number of anilines is 1. The van der Waals surface area contributed by atoms with Gasteiger partial charge in [0, 0.05) is 44.3 Å². The molecule has 2 N–H and O–H groups in total. The first-order valence-electron chi connectivity index (χ1n) is 12.1. The van der Waals surface area contributed by atoms with Crippen LogP contribution in [0.5, 0.6) is 5.75 Å². The fourth-order valence-electron chi connectivity index (χ4n) is 4.10. The lowest BCUT2D eigenvalue weighted by molar-refractivity contribution is -0.145. The molecule has 5 rings (SSSR count). The minimum Gasteiger partial charge on any atom is -0.493 e. The van der Waals surface area contributed by atoms with Gasteiger partial charge in [-0.15, -0.1) is 0 Å². The number of aromatic nitrogens is 4. The van der Waals surface area contributed by atoms with Gasteiger partial charge in [0.25, 0.3) is 5.91 Å². The monoisotopic (exact) mass is 530 g/mol. The average Bonchev–Trinajstić information content (AvgIpc) is 3.61. The predicted molar refractivity (Wildman–Crippen MR) is 141 cm³/mol. The molecule has 0 aliphatic carbocycles. The summed E-state index contributed by atoms with van der Waals surface area (Å²) in [6.45, 7) is 8.56. The summed E-state index contributed by atoms with van der Waals surface area (Å²) in [7, 11) is 0. The number of ether oxygens (including phenoxy) is 2. The molecule has 2 amide bonds. The molecule has 0 bridgehead atoms. The van der Waals surface area contributed by atoms with Crippen molar-refractivity contribution in [3.8, 4) is 5.75 Å². The highest BCUT2D eigenvalue weighted by atomic mass is 32.1. The van der Waals surface area contributed by atoms with E-state index in [1.54, 1.807) is 24.0 Å². The minimum atomic E-state index is -0.393. The van der Waals surface area contributed by atoms with Gasteiger partial charge >= 0.3 is 4.87 Å². The van der Waals surface area contributed by atoms with E-state index in [1.165, 1.54) is 5.56 Å². The van der Waals surface area contributed by atoms with E-state index in [2.05, 4.69) is 26.7 Å². The highest BCUT2D eigenvalue weighted by Gasteiger charge is 2.42. The Bertz CT molecular complexity index is 1260. The third-order valence-corrected chi connectivity index (χ3v) is 6.71. The van der Waals surface area contributed by atoms with Crippen molar-refractivity contribution in [1.29, 1.82) is 0 Å². The first-order chi connectivity index (χ1) is 17.7. The number of amides is 2. The first kappa shape index (κ1) is 26.6. The Hall–Kier alpha value is -3.51. The Morgan fingerprint density at radius 3 is 2.65 bits per heavy atom. The molecular formula is C25H34N6O5S. The fraction of sp³-hybridized carbons (Fsp3) is 0.480. The maximum atomic E-state index is 12.6. The summed E-state index contributed by atoms with van der Waals surface area (Å²) in [4.78, 5) is 39.1. The van der Waals surface area contributed by atoms with Gasteiger partial charge in [0.2, 0.25) is 5.91 Å². The normalized spacial score (nSPS) is 17.9. The molecule has 2 aliphatic rings. The van der Waals surface area contributed by atoms with Crippen molar-refractivity contribution in [2.45, 2.75) is 46.3 Å². The van der Waals surface area contributed by atoms with Crippen LogP contribution >= 0.6 is 11.5 Å². The van der Waals surface area contributed by atoms with Crippen LogP contribution in [0.2, 0.25) is 0 Å². The number of rotatable bonds is 7. The Kier molecular flexibility index (Phi) is 8.39. The topological polar surface area (TPSA) is 131 Å². The van der Waals surface area contributed by atoms with Crippen LogP contribution in [0.4, 0.5) is 5.69 Å². The summed E-state index contributed by atoms with van der Waals surface area (Å²) in [5.74, 6) is 1.38. The molecule has 1 atom stereocenters. The van der Waals surface area contributed by atoms with Gasteiger partial charge < -0.3 is 19.7 Å². The fourth-order valence-corrected chi connectivity index (χ4v) is 4.56. The van der Waals surface area contributed by atoms with Gasteiger partial charge in [0.15, 0.2) is 0 Å². The van der Waals surface area contributed by atoms with Crippen LogP contribution in [-0.2, 0) is 20.9 Å². The SMILES string of the molecule is Cc1ccc(OCC2(C)CN(C(=O)Cn3cc(NC(=O)[C@H]4CCCO4)cn3)C2)cc1.Cc1nsc(=O)[nH]1.[HH]. The zero-order valence-corrected chi connectivity index (χ0v) is 22.0. The summed E-state index contributed by atoms with van der Waals surface area (Å²) in [6.07, 6.45) is 4.46. The molecule has 0 spiro atoms. The molecule has 2 aliphatic heterocycles. The number of carbonyl (C=O) groups is 2. The van der Waals surface area contributed by atoms with Crippen molar-refractivity contribution < 1.29 is 20.5 Å². The highest BCUT2D eigenvalue weighted by Crippen LogP contribution is 2.31. The van der Waals surface area contributed by atoms with Crippen molar-refractivity contribution in [1.82, 2.24) is 24.0 Å². The van der Waals surface area contributed by atoms with Crippen LogP contribution in [0.15, 0.2) is 41.5 Å². The van der Waals surface area contributed by atoms with E-state index in [0.717, 1.165) is 30.1 Å². The molecule has 3 aromatic rings. The molecule has 37 heavy (non-hydrogen) atoms. The molecule has 1 aromatic carbocycles. The second-order valence-corrected chi connectivity index (χ2v) is 10.5. The third-order valence-electron chi connectivity index (χ3n) is 6.07. The Balaban J connectivity index is 0.000000435. The summed E-state index contributed by atoms with van der Waals surface area (Å²) < 4.78 is 16.5. The van der Waals surface area contributed by atoms with Crippen molar-refractivity contribution in [3.05, 3.63) is 57.7 Å². The second-order valence-electron chi connectivity index (χ2n) is 9.76. The van der Waals surface area contributed by atoms with Gasteiger partial charge in [-0.05, 0) is 38.8 Å². The zero-order valence-electron chi connectivity index (χ0n) is 21.2. The van der Waals surface area contributed by atoms with Crippen LogP contribution < -0.4 is 14.9 Å². The van der Waals surface area contributed by atoms with Gasteiger partial charge in [-0.2, -0.15) is 9.47 Å². The summed E-state index contributed by atoms with van der Waals surface area (Å²) in [5.41, 5.74) is 1.72. The van der Waals surface area contributed by atoms with E-state index in [-0.39, 0.29) is 30.1 Å². The van der Waals surface area contributed by atoms with Gasteiger partial charge in [0.05, 0.1) is 18.5 Å². The van der Waals surface area contributed by atoms with Crippen LogP contribution in [-0.4, -0.2) is 68.3 Å². The molecule has 12 heteroatoms. The van der Waals surface area contributed by atoms with E-state index in [4.69, 9.17) is 9.47 Å². The Morgan fingerprint density at radius 1 is 1.30 bits per heavy atom. The van der Waals surface area contributed by atoms with E-state index in [9.17, 15) is 14.4 Å². The van der Waals surface area contributed by atoms with Crippen LogP contribution in [0.3, 0.4) is 0 Å². The van der Waals surface area contributed by atoms with E-state index in [0.29, 0.717) is 37.8 Å². The van der Waals surface area contributed by atoms with Crippen molar-refractivity contribution >= 4 is 29.0 Å². The molecule has 11 nitrogen and oxygen atoms in total. The lowest BCUT2D eigenvalue weighted by atomic mass is 9.83. The van der Waals surface area contributed by atoms with Crippen molar-refractivity contribution in [2.75, 3.05) is 31.6 Å². The number of nitrogens with one attached hydrogen (secondary N) is 2. The standard InChI is InChI=1S/C22H28N4O4.C3H4N2OS.H2/c1-16-5-7-18(8-6-16)30-15-22(2)13-25(14-22)20(27)12-26-11-17(10-23-26)24-21(28)19-4-3-9-29-19;1-2-4-3(6)7-5-2;/h5-8,10-11,19H,3-4,9,12-15H2,1-2H3,(H,24,28);1H3,(H,4,5,6);1H/t19-;;/m1../s1. The van der Waals surface area contributed by atoms with Gasteiger partial charge in [0.1, 0.15) is 24.2 Å². The quantitative estimate of drug-likeness (QED) is 0.480. The molecule has 2 aromatic heterocycles. The first-order valence-corrected chi connectivity index (χ1v) is 12.9. The lowest BCUT2D eigenvalue weighted by Crippen LogP contribution is -2.60. The molecule has 2 saturated heterocycles. The maximum absolute atomic E-state index is 12.6. The average molecular weight is 531 g/mol. The largest absolute Gasteiger partial charge is 0.493 e. The Labute approximate surface area is 220 Å². The van der Waals surface area contributed by atoms with Crippen LogP contribution in [0, 0.1) is 19.3 Å². The maximum Gasteiger partial charge on any atom is 0.323 e. The molecule has 0 radical (unpaired) electrons. The van der Waals surface area contributed by atoms with E-state index >= 15 is 0 Å². The number of aryl methyl sites for hydroxylation is 2. The molecule has 200 valence electrons. The molecular weight excluding hydrogens is 496 g/mol. The number of aromatic amines is 1. The number of benzene rings is 1. The molecule has 4 heterocycles.